The lowest BCUT2D eigenvalue weighted by molar-refractivity contribution is -0.115. The largest absolute Gasteiger partial charge is 0.325 e. The number of nitrogens with zero attached hydrogens (tertiary/aromatic N) is 3. The third-order valence-electron chi connectivity index (χ3n) is 3.78. The fourth-order valence-corrected chi connectivity index (χ4v) is 3.50. The monoisotopic (exact) mass is 406 g/mol. The van der Waals surface area contributed by atoms with Crippen molar-refractivity contribution in [2.45, 2.75) is 24.3 Å². The molecule has 134 valence electrons. The number of carbonyl (C=O) groups excluding carboxylic acids is 1. The van der Waals surface area contributed by atoms with Crippen molar-refractivity contribution in [3.8, 4) is 5.69 Å². The SMILES string of the molecule is Cc1c(Cl)cccc1NC(=O)C(C)Sc1nncn1-c1cccc(Cl)c1. The molecule has 1 unspecified atom stereocenters. The molecule has 0 aliphatic heterocycles. The van der Waals surface area contributed by atoms with Gasteiger partial charge in [-0.15, -0.1) is 10.2 Å². The zero-order chi connectivity index (χ0) is 18.7. The quantitative estimate of drug-likeness (QED) is 0.605. The van der Waals surface area contributed by atoms with Crippen molar-refractivity contribution in [3.63, 3.8) is 0 Å². The number of hydrogen-bond acceptors (Lipinski definition) is 4. The van der Waals surface area contributed by atoms with Gasteiger partial charge in [-0.25, -0.2) is 0 Å². The Labute approximate surface area is 165 Å². The fraction of sp³-hybridized carbons (Fsp3) is 0.167. The number of thioether (sulfide) groups is 1. The average Bonchev–Trinajstić information content (AvgIpc) is 3.07. The predicted octanol–water partition coefficient (Wildman–Crippen LogP) is 5.00. The predicted molar refractivity (Wildman–Crippen MR) is 107 cm³/mol. The number of rotatable bonds is 5. The fourth-order valence-electron chi connectivity index (χ4n) is 2.30. The summed E-state index contributed by atoms with van der Waals surface area (Å²) < 4.78 is 1.80. The summed E-state index contributed by atoms with van der Waals surface area (Å²) in [5, 5.41) is 12.4. The standard InChI is InChI=1S/C18H16Cl2N4OS/c1-11-15(20)7-4-8-16(11)22-17(25)12(2)26-18-23-21-10-24(18)14-6-3-5-13(19)9-14/h3-10,12H,1-2H3,(H,22,25). The molecule has 2 aromatic carbocycles. The van der Waals surface area contributed by atoms with E-state index in [2.05, 4.69) is 15.5 Å². The van der Waals surface area contributed by atoms with Crippen LogP contribution >= 0.6 is 35.0 Å². The van der Waals surface area contributed by atoms with Crippen molar-refractivity contribution in [2.75, 3.05) is 5.32 Å². The van der Waals surface area contributed by atoms with Crippen LogP contribution in [0.3, 0.4) is 0 Å². The number of aromatic nitrogens is 3. The first-order chi connectivity index (χ1) is 12.5. The van der Waals surface area contributed by atoms with E-state index in [4.69, 9.17) is 23.2 Å². The van der Waals surface area contributed by atoms with Gasteiger partial charge in [-0.2, -0.15) is 0 Å². The molecule has 1 N–H and O–H groups in total. The Morgan fingerprint density at radius 1 is 1.23 bits per heavy atom. The van der Waals surface area contributed by atoms with Gasteiger partial charge in [-0.05, 0) is 49.7 Å². The van der Waals surface area contributed by atoms with Gasteiger partial charge in [-0.1, -0.05) is 47.1 Å². The lowest BCUT2D eigenvalue weighted by Crippen LogP contribution is -2.23. The van der Waals surface area contributed by atoms with Crippen LogP contribution < -0.4 is 5.32 Å². The zero-order valence-electron chi connectivity index (χ0n) is 14.1. The number of benzene rings is 2. The molecule has 0 bridgehead atoms. The third-order valence-corrected chi connectivity index (χ3v) is 5.48. The molecular weight excluding hydrogens is 391 g/mol. The second-order valence-corrected chi connectivity index (χ2v) is 7.78. The van der Waals surface area contributed by atoms with Gasteiger partial charge in [0.2, 0.25) is 5.91 Å². The van der Waals surface area contributed by atoms with Gasteiger partial charge in [0.1, 0.15) is 6.33 Å². The van der Waals surface area contributed by atoms with Crippen LogP contribution in [0.2, 0.25) is 10.0 Å². The number of halogens is 2. The highest BCUT2D eigenvalue weighted by Gasteiger charge is 2.19. The Morgan fingerprint density at radius 2 is 2.00 bits per heavy atom. The summed E-state index contributed by atoms with van der Waals surface area (Å²) in [6.07, 6.45) is 1.60. The molecule has 5 nitrogen and oxygen atoms in total. The molecule has 0 radical (unpaired) electrons. The molecule has 1 atom stereocenters. The molecule has 26 heavy (non-hydrogen) atoms. The molecule has 1 amide bonds. The zero-order valence-corrected chi connectivity index (χ0v) is 16.4. The number of hydrogen-bond donors (Lipinski definition) is 1. The highest BCUT2D eigenvalue weighted by molar-refractivity contribution is 8.00. The summed E-state index contributed by atoms with van der Waals surface area (Å²) in [6, 6.07) is 12.8. The molecule has 8 heteroatoms. The van der Waals surface area contributed by atoms with E-state index in [1.165, 1.54) is 11.8 Å². The van der Waals surface area contributed by atoms with Gasteiger partial charge in [0.05, 0.1) is 10.9 Å². The van der Waals surface area contributed by atoms with Crippen molar-refractivity contribution < 1.29 is 4.79 Å². The van der Waals surface area contributed by atoms with E-state index in [0.717, 1.165) is 11.3 Å². The van der Waals surface area contributed by atoms with Gasteiger partial charge < -0.3 is 5.32 Å². The molecule has 0 saturated carbocycles. The van der Waals surface area contributed by atoms with Gasteiger partial charge in [0, 0.05) is 15.7 Å². The Balaban J connectivity index is 1.74. The minimum absolute atomic E-state index is 0.138. The van der Waals surface area contributed by atoms with Gasteiger partial charge in [0.15, 0.2) is 5.16 Å². The number of anilines is 1. The van der Waals surface area contributed by atoms with Crippen molar-refractivity contribution in [3.05, 3.63) is 64.4 Å². The van der Waals surface area contributed by atoms with Crippen LogP contribution in [-0.2, 0) is 4.79 Å². The highest BCUT2D eigenvalue weighted by Crippen LogP contribution is 2.27. The van der Waals surface area contributed by atoms with Gasteiger partial charge >= 0.3 is 0 Å². The first kappa shape index (κ1) is 18.8. The Hall–Kier alpha value is -2.02. The smallest absolute Gasteiger partial charge is 0.237 e. The number of nitrogens with one attached hydrogen (secondary N) is 1. The van der Waals surface area contributed by atoms with Crippen LogP contribution in [0.15, 0.2) is 53.9 Å². The summed E-state index contributed by atoms with van der Waals surface area (Å²) in [5.41, 5.74) is 2.37. The van der Waals surface area contributed by atoms with Crippen molar-refractivity contribution in [2.24, 2.45) is 0 Å². The van der Waals surface area contributed by atoms with Crippen molar-refractivity contribution >= 4 is 46.6 Å². The Morgan fingerprint density at radius 3 is 2.77 bits per heavy atom. The van der Waals surface area contributed by atoms with Crippen LogP contribution in [0.4, 0.5) is 5.69 Å². The summed E-state index contributed by atoms with van der Waals surface area (Å²) in [7, 11) is 0. The second kappa shape index (κ2) is 8.12. The molecule has 1 heterocycles. The number of amides is 1. The second-order valence-electron chi connectivity index (χ2n) is 5.63. The molecule has 3 rings (SSSR count). The molecule has 3 aromatic rings. The van der Waals surface area contributed by atoms with Crippen LogP contribution in [0.1, 0.15) is 12.5 Å². The maximum Gasteiger partial charge on any atom is 0.237 e. The summed E-state index contributed by atoms with van der Waals surface area (Å²) in [4.78, 5) is 12.6. The van der Waals surface area contributed by atoms with E-state index < -0.39 is 0 Å². The first-order valence-electron chi connectivity index (χ1n) is 7.84. The van der Waals surface area contributed by atoms with E-state index in [9.17, 15) is 4.79 Å². The summed E-state index contributed by atoms with van der Waals surface area (Å²) in [6.45, 7) is 3.68. The lowest BCUT2D eigenvalue weighted by atomic mass is 10.2. The summed E-state index contributed by atoms with van der Waals surface area (Å²) in [5.74, 6) is -0.138. The molecule has 0 fully saturated rings. The molecule has 0 aliphatic rings. The topological polar surface area (TPSA) is 59.8 Å². The molecule has 0 aliphatic carbocycles. The molecule has 0 spiro atoms. The first-order valence-corrected chi connectivity index (χ1v) is 9.48. The van der Waals surface area contributed by atoms with Crippen molar-refractivity contribution in [1.29, 1.82) is 0 Å². The van der Waals surface area contributed by atoms with Crippen molar-refractivity contribution in [1.82, 2.24) is 14.8 Å². The van der Waals surface area contributed by atoms with Crippen LogP contribution in [0.5, 0.6) is 0 Å². The Bertz CT molecular complexity index is 944. The minimum Gasteiger partial charge on any atom is -0.325 e. The van der Waals surface area contributed by atoms with Gasteiger partial charge in [0.25, 0.3) is 0 Å². The molecule has 0 saturated heterocycles. The molecular formula is C18H16Cl2N4OS. The lowest BCUT2D eigenvalue weighted by Gasteiger charge is -2.14. The minimum atomic E-state index is -0.379. The number of carbonyl (C=O) groups is 1. The molecule has 1 aromatic heterocycles. The average molecular weight is 407 g/mol. The van der Waals surface area contributed by atoms with E-state index in [0.29, 0.717) is 20.9 Å². The van der Waals surface area contributed by atoms with Crippen LogP contribution in [0.25, 0.3) is 5.69 Å². The Kier molecular flexibility index (Phi) is 5.86. The third kappa shape index (κ3) is 4.20. The maximum atomic E-state index is 12.6. The maximum absolute atomic E-state index is 12.6. The van der Waals surface area contributed by atoms with Crippen LogP contribution in [-0.4, -0.2) is 25.9 Å². The summed E-state index contributed by atoms with van der Waals surface area (Å²) >= 11 is 13.5. The normalized spacial score (nSPS) is 12.0. The van der Waals surface area contributed by atoms with Gasteiger partial charge in [-0.3, -0.25) is 9.36 Å². The van der Waals surface area contributed by atoms with Crippen LogP contribution in [0, 0.1) is 6.92 Å². The van der Waals surface area contributed by atoms with E-state index in [1.54, 1.807) is 29.1 Å². The van der Waals surface area contributed by atoms with E-state index in [1.807, 2.05) is 38.1 Å². The van der Waals surface area contributed by atoms with E-state index in [-0.39, 0.29) is 11.2 Å². The van der Waals surface area contributed by atoms with E-state index >= 15 is 0 Å². The highest BCUT2D eigenvalue weighted by atomic mass is 35.5.